The number of hydrogen-bond donors (Lipinski definition) is 1. The lowest BCUT2D eigenvalue weighted by Gasteiger charge is -2.15. The van der Waals surface area contributed by atoms with Gasteiger partial charge in [-0.3, -0.25) is 4.55 Å². The first-order valence-electron chi connectivity index (χ1n) is 5.84. The molecule has 1 rings (SSSR count). The first-order chi connectivity index (χ1) is 8.53. The van der Waals surface area contributed by atoms with E-state index in [-0.39, 0.29) is 0 Å². The Morgan fingerprint density at radius 1 is 1.28 bits per heavy atom. The fraction of sp³-hybridized carbons (Fsp3) is 0.385. The molecule has 0 fully saturated rings. The van der Waals surface area contributed by atoms with Crippen LogP contribution < -0.4 is 0 Å². The molecule has 4 nitrogen and oxygen atoms in total. The van der Waals surface area contributed by atoms with Gasteiger partial charge in [0, 0.05) is 0 Å². The Kier molecular flexibility index (Phi) is 6.04. The third kappa shape index (κ3) is 5.95. The van der Waals surface area contributed by atoms with Crippen LogP contribution in [0.5, 0.6) is 0 Å². The molecule has 1 unspecified atom stereocenters. The van der Waals surface area contributed by atoms with Gasteiger partial charge in [0.15, 0.2) is 0 Å². The molecule has 18 heavy (non-hydrogen) atoms. The summed E-state index contributed by atoms with van der Waals surface area (Å²) in [4.78, 5) is 0. The molecule has 0 spiro atoms. The van der Waals surface area contributed by atoms with Gasteiger partial charge in [-0.15, -0.1) is 6.58 Å². The van der Waals surface area contributed by atoms with E-state index in [1.54, 1.807) is 24.3 Å². The summed E-state index contributed by atoms with van der Waals surface area (Å²) in [6, 6.07) is 9.01. The van der Waals surface area contributed by atoms with E-state index in [0.717, 1.165) is 24.8 Å². The summed E-state index contributed by atoms with van der Waals surface area (Å²) in [5, 5.41) is 0. The van der Waals surface area contributed by atoms with E-state index in [9.17, 15) is 8.42 Å². The Morgan fingerprint density at radius 3 is 2.50 bits per heavy atom. The maximum absolute atomic E-state index is 10.8. The third-order valence-corrected chi connectivity index (χ3v) is 3.01. The summed E-state index contributed by atoms with van der Waals surface area (Å²) in [7, 11) is -4.43. The lowest BCUT2D eigenvalue weighted by Crippen LogP contribution is -2.11. The van der Waals surface area contributed by atoms with Crippen molar-refractivity contribution < 1.29 is 17.2 Å². The van der Waals surface area contributed by atoms with E-state index in [2.05, 4.69) is 6.58 Å². The van der Waals surface area contributed by atoms with Crippen LogP contribution in [0.2, 0.25) is 0 Å². The molecule has 1 N–H and O–H groups in total. The fourth-order valence-corrected chi connectivity index (χ4v) is 2.20. The van der Waals surface area contributed by atoms with E-state index in [0.29, 0.717) is 6.42 Å². The first-order valence-corrected chi connectivity index (χ1v) is 7.21. The zero-order valence-corrected chi connectivity index (χ0v) is 11.0. The highest BCUT2D eigenvalue weighted by Crippen LogP contribution is 2.25. The van der Waals surface area contributed by atoms with Crippen molar-refractivity contribution in [2.75, 3.05) is 0 Å². The number of benzene rings is 1. The Morgan fingerprint density at radius 2 is 1.94 bits per heavy atom. The molecule has 0 amide bonds. The Hall–Kier alpha value is -1.17. The molecule has 0 aliphatic heterocycles. The molecule has 0 aliphatic rings. The highest BCUT2D eigenvalue weighted by Gasteiger charge is 2.18. The van der Waals surface area contributed by atoms with Crippen molar-refractivity contribution in [3.63, 3.8) is 0 Å². The van der Waals surface area contributed by atoms with Crippen LogP contribution in [0.15, 0.2) is 43.0 Å². The Bertz CT molecular complexity index is 453. The molecular weight excluding hydrogens is 252 g/mol. The summed E-state index contributed by atoms with van der Waals surface area (Å²) in [6.07, 6.45) is 4.33. The van der Waals surface area contributed by atoms with Gasteiger partial charge in [-0.25, -0.2) is 4.18 Å². The lowest BCUT2D eigenvalue weighted by molar-refractivity contribution is 0.172. The highest BCUT2D eigenvalue weighted by atomic mass is 32.3. The average Bonchev–Trinajstić information content (AvgIpc) is 2.33. The summed E-state index contributed by atoms with van der Waals surface area (Å²) in [5.74, 6) is 0. The maximum Gasteiger partial charge on any atom is 0.397 e. The maximum atomic E-state index is 10.8. The lowest BCUT2D eigenvalue weighted by atomic mass is 10.0. The van der Waals surface area contributed by atoms with Crippen molar-refractivity contribution in [3.05, 3.63) is 48.6 Å². The molecule has 100 valence electrons. The number of unbranched alkanes of at least 4 members (excludes halogenated alkanes) is 2. The predicted octanol–water partition coefficient (Wildman–Crippen LogP) is 3.29. The van der Waals surface area contributed by atoms with Crippen LogP contribution in [0, 0.1) is 0 Å². The van der Waals surface area contributed by atoms with Crippen LogP contribution in [-0.2, 0) is 14.6 Å². The van der Waals surface area contributed by atoms with E-state index in [1.807, 2.05) is 12.1 Å². The minimum absolute atomic E-state index is 0.539. The molecule has 0 radical (unpaired) electrons. The summed E-state index contributed by atoms with van der Waals surface area (Å²) in [5.41, 5.74) is 0.744. The van der Waals surface area contributed by atoms with Gasteiger partial charge in [-0.1, -0.05) is 42.8 Å². The quantitative estimate of drug-likeness (QED) is 0.447. The highest BCUT2D eigenvalue weighted by molar-refractivity contribution is 7.80. The van der Waals surface area contributed by atoms with E-state index in [4.69, 9.17) is 8.74 Å². The van der Waals surface area contributed by atoms with Crippen LogP contribution in [-0.4, -0.2) is 13.0 Å². The van der Waals surface area contributed by atoms with Gasteiger partial charge in [0.1, 0.15) is 6.10 Å². The average molecular weight is 270 g/mol. The second kappa shape index (κ2) is 7.31. The monoisotopic (exact) mass is 270 g/mol. The first kappa shape index (κ1) is 14.9. The van der Waals surface area contributed by atoms with E-state index >= 15 is 0 Å². The van der Waals surface area contributed by atoms with Crippen molar-refractivity contribution in [1.29, 1.82) is 0 Å². The van der Waals surface area contributed by atoms with E-state index < -0.39 is 16.5 Å². The van der Waals surface area contributed by atoms with Crippen LogP contribution >= 0.6 is 0 Å². The Labute approximate surface area is 108 Å². The molecule has 1 aromatic rings. The van der Waals surface area contributed by atoms with E-state index in [1.165, 1.54) is 0 Å². The zero-order valence-electron chi connectivity index (χ0n) is 10.2. The molecule has 0 bridgehead atoms. The molecule has 0 aliphatic carbocycles. The summed E-state index contributed by atoms with van der Waals surface area (Å²) >= 11 is 0. The number of rotatable bonds is 8. The molecule has 5 heteroatoms. The third-order valence-electron chi connectivity index (χ3n) is 2.53. The largest absolute Gasteiger partial charge is 0.397 e. The van der Waals surface area contributed by atoms with Crippen molar-refractivity contribution in [1.82, 2.24) is 0 Å². The van der Waals surface area contributed by atoms with Crippen molar-refractivity contribution >= 4 is 10.4 Å². The van der Waals surface area contributed by atoms with Gasteiger partial charge in [-0.05, 0) is 24.8 Å². The van der Waals surface area contributed by atoms with Gasteiger partial charge >= 0.3 is 10.4 Å². The molecule has 0 saturated carbocycles. The van der Waals surface area contributed by atoms with Crippen LogP contribution in [0.3, 0.4) is 0 Å². The van der Waals surface area contributed by atoms with Gasteiger partial charge < -0.3 is 0 Å². The SMILES string of the molecule is C=CCCCCC(OS(=O)(=O)O)c1ccccc1. The van der Waals surface area contributed by atoms with Gasteiger partial charge in [0.25, 0.3) is 0 Å². The second-order valence-corrected chi connectivity index (χ2v) is 5.04. The van der Waals surface area contributed by atoms with Crippen LogP contribution in [0.1, 0.15) is 37.4 Å². The molecule has 0 saturated heterocycles. The topological polar surface area (TPSA) is 63.6 Å². The Balaban J connectivity index is 2.67. The molecule has 1 atom stereocenters. The van der Waals surface area contributed by atoms with Gasteiger partial charge in [0.2, 0.25) is 0 Å². The van der Waals surface area contributed by atoms with Gasteiger partial charge in [-0.2, -0.15) is 8.42 Å². The van der Waals surface area contributed by atoms with Crippen molar-refractivity contribution in [2.45, 2.75) is 31.8 Å². The van der Waals surface area contributed by atoms with Crippen molar-refractivity contribution in [2.24, 2.45) is 0 Å². The van der Waals surface area contributed by atoms with Crippen LogP contribution in [0.4, 0.5) is 0 Å². The second-order valence-electron chi connectivity index (χ2n) is 4.00. The standard InChI is InChI=1S/C13H18O4S/c1-2-3-4-8-11-13(17-18(14,15)16)12-9-6-5-7-10-12/h2,5-7,9-10,13H,1,3-4,8,11H2,(H,14,15,16). The minimum atomic E-state index is -4.43. The summed E-state index contributed by atoms with van der Waals surface area (Å²) in [6.45, 7) is 3.63. The normalized spacial score (nSPS) is 13.2. The summed E-state index contributed by atoms with van der Waals surface area (Å²) < 4.78 is 35.1. The smallest absolute Gasteiger partial charge is 0.264 e. The van der Waals surface area contributed by atoms with Gasteiger partial charge in [0.05, 0.1) is 0 Å². The molecule has 0 aromatic heterocycles. The molecular formula is C13H18O4S. The number of hydrogen-bond acceptors (Lipinski definition) is 3. The fourth-order valence-electron chi connectivity index (χ4n) is 1.70. The zero-order chi connectivity index (χ0) is 13.4. The predicted molar refractivity (Wildman–Crippen MR) is 70.5 cm³/mol. The number of allylic oxidation sites excluding steroid dienone is 1. The van der Waals surface area contributed by atoms with Crippen LogP contribution in [0.25, 0.3) is 0 Å². The van der Waals surface area contributed by atoms with Crippen molar-refractivity contribution in [3.8, 4) is 0 Å². The minimum Gasteiger partial charge on any atom is -0.264 e. The molecule has 0 heterocycles. The molecule has 1 aromatic carbocycles.